The van der Waals surface area contributed by atoms with Crippen LogP contribution < -0.4 is 5.32 Å². The van der Waals surface area contributed by atoms with E-state index in [1.54, 1.807) is 12.1 Å². The number of hydrogen-bond donors (Lipinski definition) is 2. The van der Waals surface area contributed by atoms with Gasteiger partial charge in [0.15, 0.2) is 0 Å². The van der Waals surface area contributed by atoms with E-state index in [0.29, 0.717) is 5.92 Å². The maximum Gasteiger partial charge on any atom is 0.322 e. The van der Waals surface area contributed by atoms with Gasteiger partial charge >= 0.3 is 5.97 Å². The van der Waals surface area contributed by atoms with Crippen LogP contribution in [0.15, 0.2) is 24.3 Å². The zero-order valence-corrected chi connectivity index (χ0v) is 9.85. The third-order valence-corrected chi connectivity index (χ3v) is 3.17. The molecule has 0 amide bonds. The van der Waals surface area contributed by atoms with Gasteiger partial charge in [-0.3, -0.25) is 4.79 Å². The number of phenolic OH excluding ortho intramolecular Hbond substituents is 1. The van der Waals surface area contributed by atoms with E-state index < -0.39 is 0 Å². The summed E-state index contributed by atoms with van der Waals surface area (Å²) in [6.45, 7) is 0.834. The van der Waals surface area contributed by atoms with E-state index in [4.69, 9.17) is 4.74 Å². The summed E-state index contributed by atoms with van der Waals surface area (Å²) >= 11 is 0. The molecular weight excluding hydrogens is 218 g/mol. The van der Waals surface area contributed by atoms with Crippen LogP contribution in [-0.2, 0) is 16.0 Å². The molecule has 1 aliphatic rings. The Morgan fingerprint density at radius 3 is 2.82 bits per heavy atom. The lowest BCUT2D eigenvalue weighted by Crippen LogP contribution is -2.31. The standard InChI is InChI=1S/C13H17NO3/c1-17-13(16)12-7-10(8-14-12)6-9-2-4-11(15)5-3-9/h2-5,10,12,14-15H,6-8H2,1H3. The molecule has 0 aromatic heterocycles. The average molecular weight is 235 g/mol. The Balaban J connectivity index is 1.89. The highest BCUT2D eigenvalue weighted by Gasteiger charge is 2.29. The maximum absolute atomic E-state index is 11.3. The van der Waals surface area contributed by atoms with Crippen molar-refractivity contribution in [3.63, 3.8) is 0 Å². The van der Waals surface area contributed by atoms with Gasteiger partial charge in [-0.25, -0.2) is 0 Å². The molecule has 2 unspecified atom stereocenters. The average Bonchev–Trinajstić information content (AvgIpc) is 2.80. The summed E-state index contributed by atoms with van der Waals surface area (Å²) in [6, 6.07) is 7.05. The molecule has 1 heterocycles. The molecule has 2 atom stereocenters. The quantitative estimate of drug-likeness (QED) is 0.770. The fourth-order valence-corrected chi connectivity index (χ4v) is 2.25. The minimum Gasteiger partial charge on any atom is -0.508 e. The lowest BCUT2D eigenvalue weighted by Gasteiger charge is -2.09. The van der Waals surface area contributed by atoms with Crippen molar-refractivity contribution in [1.82, 2.24) is 5.32 Å². The van der Waals surface area contributed by atoms with Crippen molar-refractivity contribution in [3.05, 3.63) is 29.8 Å². The number of carbonyl (C=O) groups is 1. The summed E-state index contributed by atoms with van der Waals surface area (Å²) in [5.41, 5.74) is 1.18. The van der Waals surface area contributed by atoms with Gasteiger partial charge in [-0.1, -0.05) is 12.1 Å². The van der Waals surface area contributed by atoms with Crippen LogP contribution in [0.1, 0.15) is 12.0 Å². The van der Waals surface area contributed by atoms with Gasteiger partial charge in [-0.15, -0.1) is 0 Å². The number of ether oxygens (including phenoxy) is 1. The summed E-state index contributed by atoms with van der Waals surface area (Å²) in [5, 5.41) is 12.4. The third-order valence-electron chi connectivity index (χ3n) is 3.17. The zero-order valence-electron chi connectivity index (χ0n) is 9.85. The van der Waals surface area contributed by atoms with Crippen LogP contribution in [-0.4, -0.2) is 30.8 Å². The molecular formula is C13H17NO3. The van der Waals surface area contributed by atoms with Gasteiger partial charge in [-0.2, -0.15) is 0 Å². The van der Waals surface area contributed by atoms with Crippen LogP contribution in [0.25, 0.3) is 0 Å². The number of aromatic hydroxyl groups is 1. The molecule has 92 valence electrons. The smallest absolute Gasteiger partial charge is 0.322 e. The highest BCUT2D eigenvalue weighted by molar-refractivity contribution is 5.76. The first-order chi connectivity index (χ1) is 8.19. The topological polar surface area (TPSA) is 58.6 Å². The minimum absolute atomic E-state index is 0.165. The van der Waals surface area contributed by atoms with E-state index in [-0.39, 0.29) is 17.8 Å². The van der Waals surface area contributed by atoms with Crippen molar-refractivity contribution in [2.24, 2.45) is 5.92 Å². The molecule has 2 rings (SSSR count). The molecule has 17 heavy (non-hydrogen) atoms. The van der Waals surface area contributed by atoms with Crippen molar-refractivity contribution in [2.75, 3.05) is 13.7 Å². The van der Waals surface area contributed by atoms with E-state index in [9.17, 15) is 9.90 Å². The van der Waals surface area contributed by atoms with Crippen LogP contribution in [0, 0.1) is 5.92 Å². The van der Waals surface area contributed by atoms with Crippen LogP contribution in [0.4, 0.5) is 0 Å². The van der Waals surface area contributed by atoms with E-state index in [1.165, 1.54) is 12.7 Å². The molecule has 1 aromatic carbocycles. The molecule has 0 radical (unpaired) electrons. The maximum atomic E-state index is 11.3. The molecule has 1 fully saturated rings. The Morgan fingerprint density at radius 2 is 2.18 bits per heavy atom. The summed E-state index contributed by atoms with van der Waals surface area (Å²) in [7, 11) is 1.41. The molecule has 4 heteroatoms. The van der Waals surface area contributed by atoms with E-state index in [1.807, 2.05) is 12.1 Å². The third kappa shape index (κ3) is 2.97. The molecule has 0 aliphatic carbocycles. The van der Waals surface area contributed by atoms with E-state index >= 15 is 0 Å². The van der Waals surface area contributed by atoms with Crippen molar-refractivity contribution in [2.45, 2.75) is 18.9 Å². The first kappa shape index (κ1) is 11.9. The SMILES string of the molecule is COC(=O)C1CC(Cc2ccc(O)cc2)CN1. The summed E-state index contributed by atoms with van der Waals surface area (Å²) in [6.07, 6.45) is 1.73. The fourth-order valence-electron chi connectivity index (χ4n) is 2.25. The van der Waals surface area contributed by atoms with Crippen LogP contribution in [0.2, 0.25) is 0 Å². The van der Waals surface area contributed by atoms with Gasteiger partial charge in [0.25, 0.3) is 0 Å². The Bertz CT molecular complexity index is 388. The molecule has 1 aliphatic heterocycles. The number of carbonyl (C=O) groups excluding carboxylic acids is 1. The summed E-state index contributed by atoms with van der Waals surface area (Å²) < 4.78 is 4.71. The number of phenols is 1. The number of rotatable bonds is 3. The highest BCUT2D eigenvalue weighted by Crippen LogP contribution is 2.21. The fraction of sp³-hybridized carbons (Fsp3) is 0.462. The van der Waals surface area contributed by atoms with E-state index in [0.717, 1.165) is 19.4 Å². The van der Waals surface area contributed by atoms with Gasteiger partial charge < -0.3 is 15.2 Å². The monoisotopic (exact) mass is 235 g/mol. The first-order valence-electron chi connectivity index (χ1n) is 5.78. The number of hydrogen-bond acceptors (Lipinski definition) is 4. The Kier molecular flexibility index (Phi) is 3.64. The number of nitrogens with one attached hydrogen (secondary N) is 1. The van der Waals surface area contributed by atoms with Gasteiger partial charge in [0.1, 0.15) is 11.8 Å². The molecule has 0 spiro atoms. The molecule has 0 bridgehead atoms. The minimum atomic E-state index is -0.182. The van der Waals surface area contributed by atoms with Crippen LogP contribution in [0.3, 0.4) is 0 Å². The van der Waals surface area contributed by atoms with Gasteiger partial charge in [-0.05, 0) is 43.0 Å². The Morgan fingerprint density at radius 1 is 1.47 bits per heavy atom. The first-order valence-corrected chi connectivity index (χ1v) is 5.78. The molecule has 4 nitrogen and oxygen atoms in total. The zero-order chi connectivity index (χ0) is 12.3. The Hall–Kier alpha value is -1.55. The van der Waals surface area contributed by atoms with Crippen LogP contribution in [0.5, 0.6) is 5.75 Å². The molecule has 1 saturated heterocycles. The largest absolute Gasteiger partial charge is 0.508 e. The van der Waals surface area contributed by atoms with Crippen molar-refractivity contribution >= 4 is 5.97 Å². The van der Waals surface area contributed by atoms with Gasteiger partial charge in [0, 0.05) is 0 Å². The normalized spacial score (nSPS) is 23.6. The number of esters is 1. The summed E-state index contributed by atoms with van der Waals surface area (Å²) in [5.74, 6) is 0.549. The van der Waals surface area contributed by atoms with Gasteiger partial charge in [0.05, 0.1) is 7.11 Å². The highest BCUT2D eigenvalue weighted by atomic mass is 16.5. The van der Waals surface area contributed by atoms with E-state index in [2.05, 4.69) is 5.32 Å². The predicted molar refractivity (Wildman–Crippen MR) is 63.7 cm³/mol. The van der Waals surface area contributed by atoms with Crippen molar-refractivity contribution in [3.8, 4) is 5.75 Å². The number of benzene rings is 1. The lowest BCUT2D eigenvalue weighted by molar-refractivity contribution is -0.142. The second-order valence-corrected chi connectivity index (χ2v) is 4.46. The lowest BCUT2D eigenvalue weighted by atomic mass is 9.97. The predicted octanol–water partition coefficient (Wildman–Crippen LogP) is 1.09. The Labute approximate surface area is 101 Å². The summed E-state index contributed by atoms with van der Waals surface area (Å²) in [4.78, 5) is 11.3. The van der Waals surface area contributed by atoms with Crippen molar-refractivity contribution in [1.29, 1.82) is 0 Å². The number of methoxy groups -OCH3 is 1. The second-order valence-electron chi connectivity index (χ2n) is 4.46. The van der Waals surface area contributed by atoms with Crippen LogP contribution >= 0.6 is 0 Å². The van der Waals surface area contributed by atoms with Gasteiger partial charge in [0.2, 0.25) is 0 Å². The van der Waals surface area contributed by atoms with Crippen molar-refractivity contribution < 1.29 is 14.6 Å². The molecule has 2 N–H and O–H groups in total. The molecule has 0 saturated carbocycles. The molecule has 1 aromatic rings. The second kappa shape index (κ2) is 5.19.